The van der Waals surface area contributed by atoms with Crippen molar-refractivity contribution in [3.8, 4) is 5.75 Å². The third-order valence-corrected chi connectivity index (χ3v) is 2.65. The van der Waals surface area contributed by atoms with E-state index in [1.54, 1.807) is 0 Å². The van der Waals surface area contributed by atoms with Gasteiger partial charge in [-0.05, 0) is 12.1 Å². The van der Waals surface area contributed by atoms with Crippen molar-refractivity contribution in [2.24, 2.45) is 0 Å². The summed E-state index contributed by atoms with van der Waals surface area (Å²) in [6.07, 6.45) is -0.149. The van der Waals surface area contributed by atoms with Crippen LogP contribution in [0, 0.1) is 0 Å². The minimum absolute atomic E-state index is 0.0371. The molecule has 0 spiro atoms. The number of ether oxygens (including phenoxy) is 1. The summed E-state index contributed by atoms with van der Waals surface area (Å²) in [6, 6.07) is 2.81. The van der Waals surface area contributed by atoms with E-state index in [-0.39, 0.29) is 28.6 Å². The first-order chi connectivity index (χ1) is 8.45. The Balaban J connectivity index is 2.78. The summed E-state index contributed by atoms with van der Waals surface area (Å²) in [7, 11) is 1.42. The maximum atomic E-state index is 11.7. The van der Waals surface area contributed by atoms with Gasteiger partial charge in [-0.1, -0.05) is 23.2 Å². The Bertz CT molecular complexity index is 453. The number of halogens is 2. The number of methoxy groups -OCH3 is 1. The number of aliphatic carboxylic acids is 1. The molecule has 2 N–H and O–H groups in total. The largest absolute Gasteiger partial charge is 0.494 e. The molecule has 1 aromatic rings. The number of carboxylic acids is 1. The van der Waals surface area contributed by atoms with Crippen LogP contribution in [0.5, 0.6) is 5.75 Å². The van der Waals surface area contributed by atoms with E-state index in [0.29, 0.717) is 5.75 Å². The van der Waals surface area contributed by atoms with Gasteiger partial charge < -0.3 is 15.2 Å². The maximum Gasteiger partial charge on any atom is 0.305 e. The first-order valence-corrected chi connectivity index (χ1v) is 5.74. The smallest absolute Gasteiger partial charge is 0.305 e. The highest BCUT2D eigenvalue weighted by Crippen LogP contribution is 2.33. The van der Waals surface area contributed by atoms with Crippen molar-refractivity contribution in [2.45, 2.75) is 6.42 Å². The van der Waals surface area contributed by atoms with E-state index in [1.807, 2.05) is 0 Å². The first-order valence-electron chi connectivity index (χ1n) is 4.98. The molecule has 1 rings (SSSR count). The number of amides is 1. The van der Waals surface area contributed by atoms with E-state index < -0.39 is 11.9 Å². The highest BCUT2D eigenvalue weighted by atomic mass is 35.5. The van der Waals surface area contributed by atoms with Crippen LogP contribution in [-0.4, -0.2) is 30.6 Å². The molecule has 0 aliphatic heterocycles. The fourth-order valence-electron chi connectivity index (χ4n) is 1.27. The molecule has 5 nitrogen and oxygen atoms in total. The van der Waals surface area contributed by atoms with Crippen molar-refractivity contribution in [3.63, 3.8) is 0 Å². The lowest BCUT2D eigenvalue weighted by molar-refractivity contribution is -0.136. The number of carboxylic acid groups (broad SMARTS) is 1. The minimum Gasteiger partial charge on any atom is -0.494 e. The molecule has 0 atom stereocenters. The molecule has 1 aromatic carbocycles. The lowest BCUT2D eigenvalue weighted by Gasteiger charge is -2.08. The summed E-state index contributed by atoms with van der Waals surface area (Å²) in [6.45, 7) is 0.0371. The molecule has 0 bridgehead atoms. The molecule has 0 fully saturated rings. The Labute approximate surface area is 114 Å². The Kier molecular flexibility index (Phi) is 5.25. The van der Waals surface area contributed by atoms with Gasteiger partial charge in [-0.15, -0.1) is 0 Å². The van der Waals surface area contributed by atoms with E-state index in [2.05, 4.69) is 5.32 Å². The number of rotatable bonds is 5. The Hall–Kier alpha value is -1.46. The topological polar surface area (TPSA) is 75.6 Å². The van der Waals surface area contributed by atoms with Gasteiger partial charge in [-0.25, -0.2) is 0 Å². The van der Waals surface area contributed by atoms with Crippen LogP contribution in [0.3, 0.4) is 0 Å². The summed E-state index contributed by atoms with van der Waals surface area (Å²) in [4.78, 5) is 22.0. The summed E-state index contributed by atoms with van der Waals surface area (Å²) >= 11 is 11.8. The second-order valence-corrected chi connectivity index (χ2v) is 4.19. The molecule has 1 amide bonds. The first kappa shape index (κ1) is 14.6. The third kappa shape index (κ3) is 3.78. The number of carbonyl (C=O) groups excluding carboxylic acids is 1. The van der Waals surface area contributed by atoms with Crippen LogP contribution >= 0.6 is 23.2 Å². The fraction of sp³-hybridized carbons (Fsp3) is 0.273. The van der Waals surface area contributed by atoms with Gasteiger partial charge in [0.1, 0.15) is 0 Å². The number of benzene rings is 1. The third-order valence-electron chi connectivity index (χ3n) is 2.09. The zero-order valence-electron chi connectivity index (χ0n) is 9.50. The Morgan fingerprint density at radius 1 is 1.33 bits per heavy atom. The summed E-state index contributed by atoms with van der Waals surface area (Å²) in [5, 5.41) is 11.3. The zero-order valence-corrected chi connectivity index (χ0v) is 11.0. The molecule has 7 heteroatoms. The molecular formula is C11H11Cl2NO4. The zero-order chi connectivity index (χ0) is 13.7. The van der Waals surface area contributed by atoms with E-state index >= 15 is 0 Å². The molecule has 0 heterocycles. The van der Waals surface area contributed by atoms with Gasteiger partial charge in [-0.3, -0.25) is 9.59 Å². The SMILES string of the molecule is COc1c(Cl)cc(C(=O)NCCC(=O)O)cc1Cl. The number of hydrogen-bond acceptors (Lipinski definition) is 3. The van der Waals surface area contributed by atoms with E-state index in [1.165, 1.54) is 19.2 Å². The minimum atomic E-state index is -0.985. The standard InChI is InChI=1S/C11H11Cl2NO4/c1-18-10-7(12)4-6(5-8(10)13)11(17)14-3-2-9(15)16/h4-5H,2-3H2,1H3,(H,14,17)(H,15,16). The average molecular weight is 292 g/mol. The van der Waals surface area contributed by atoms with Gasteiger partial charge in [0.15, 0.2) is 5.75 Å². The normalized spacial score (nSPS) is 9.94. The van der Waals surface area contributed by atoms with Crippen molar-refractivity contribution in [1.29, 1.82) is 0 Å². The Morgan fingerprint density at radius 2 is 1.89 bits per heavy atom. The van der Waals surface area contributed by atoms with E-state index in [4.69, 9.17) is 33.0 Å². The number of hydrogen-bond donors (Lipinski definition) is 2. The molecule has 0 aliphatic rings. The molecule has 0 aromatic heterocycles. The van der Waals surface area contributed by atoms with Crippen molar-refractivity contribution in [3.05, 3.63) is 27.7 Å². The molecule has 0 saturated carbocycles. The second-order valence-electron chi connectivity index (χ2n) is 3.37. The van der Waals surface area contributed by atoms with Gasteiger partial charge in [-0.2, -0.15) is 0 Å². The maximum absolute atomic E-state index is 11.7. The predicted molar refractivity (Wildman–Crippen MR) is 67.6 cm³/mol. The lowest BCUT2D eigenvalue weighted by atomic mass is 10.2. The van der Waals surface area contributed by atoms with Crippen LogP contribution in [0.15, 0.2) is 12.1 Å². The van der Waals surface area contributed by atoms with Crippen molar-refractivity contribution < 1.29 is 19.4 Å². The van der Waals surface area contributed by atoms with Crippen LogP contribution < -0.4 is 10.1 Å². The molecule has 0 unspecified atom stereocenters. The second kappa shape index (κ2) is 6.47. The van der Waals surface area contributed by atoms with Crippen molar-refractivity contribution >= 4 is 35.1 Å². The van der Waals surface area contributed by atoms with Crippen LogP contribution in [0.2, 0.25) is 10.0 Å². The number of nitrogens with one attached hydrogen (secondary N) is 1. The fourth-order valence-corrected chi connectivity index (χ4v) is 1.91. The lowest BCUT2D eigenvalue weighted by Crippen LogP contribution is -2.26. The molecule has 0 aliphatic carbocycles. The van der Waals surface area contributed by atoms with Crippen molar-refractivity contribution in [1.82, 2.24) is 5.32 Å². The van der Waals surface area contributed by atoms with Crippen LogP contribution in [0.4, 0.5) is 0 Å². The summed E-state index contributed by atoms with van der Waals surface area (Å²) < 4.78 is 4.95. The van der Waals surface area contributed by atoms with Crippen molar-refractivity contribution in [2.75, 3.05) is 13.7 Å². The van der Waals surface area contributed by atoms with Gasteiger partial charge >= 0.3 is 5.97 Å². The van der Waals surface area contributed by atoms with E-state index in [9.17, 15) is 9.59 Å². The van der Waals surface area contributed by atoms with Gasteiger partial charge in [0.25, 0.3) is 5.91 Å². The number of carbonyl (C=O) groups is 2. The summed E-state index contributed by atoms with van der Waals surface area (Å²) in [5.41, 5.74) is 0.246. The highest BCUT2D eigenvalue weighted by Gasteiger charge is 2.13. The molecule has 98 valence electrons. The quantitative estimate of drug-likeness (QED) is 0.872. The van der Waals surface area contributed by atoms with Crippen LogP contribution in [0.1, 0.15) is 16.8 Å². The summed E-state index contributed by atoms with van der Waals surface area (Å²) in [5.74, 6) is -1.13. The molecular weight excluding hydrogens is 281 g/mol. The van der Waals surface area contributed by atoms with Gasteiger partial charge in [0.2, 0.25) is 0 Å². The van der Waals surface area contributed by atoms with Gasteiger partial charge in [0.05, 0.1) is 23.6 Å². The molecule has 0 radical (unpaired) electrons. The van der Waals surface area contributed by atoms with Crippen LogP contribution in [0.25, 0.3) is 0 Å². The van der Waals surface area contributed by atoms with E-state index in [0.717, 1.165) is 0 Å². The molecule has 0 saturated heterocycles. The molecule has 18 heavy (non-hydrogen) atoms. The average Bonchev–Trinajstić information content (AvgIpc) is 2.27. The Morgan fingerprint density at radius 3 is 2.33 bits per heavy atom. The predicted octanol–water partition coefficient (Wildman–Crippen LogP) is 2.21. The highest BCUT2D eigenvalue weighted by molar-refractivity contribution is 6.37. The van der Waals surface area contributed by atoms with Gasteiger partial charge in [0, 0.05) is 12.1 Å². The monoisotopic (exact) mass is 291 g/mol. The van der Waals surface area contributed by atoms with Crippen LogP contribution in [-0.2, 0) is 4.79 Å².